The van der Waals surface area contributed by atoms with Crippen LogP contribution in [0.5, 0.6) is 0 Å². The Hall–Kier alpha value is -2.28. The molecule has 0 aliphatic heterocycles. The number of rotatable bonds is 8. The number of benzene rings is 2. The Kier molecular flexibility index (Phi) is 8.76. The number of hydrogen-bond acceptors (Lipinski definition) is 4. The first-order chi connectivity index (χ1) is 13.7. The van der Waals surface area contributed by atoms with Gasteiger partial charge >= 0.3 is 5.97 Å². The van der Waals surface area contributed by atoms with E-state index in [1.807, 2.05) is 6.92 Å². The molecule has 2 aromatic carbocycles. The first-order valence-electron chi connectivity index (χ1n) is 8.71. The van der Waals surface area contributed by atoms with Gasteiger partial charge in [0.15, 0.2) is 6.61 Å². The summed E-state index contributed by atoms with van der Waals surface area (Å²) in [7, 11) is 0. The summed E-state index contributed by atoms with van der Waals surface area (Å²) in [5.41, 5.74) is 1.94. The SMILES string of the molecule is Cc1ccc(NC(=O)CCCC(=O)OCC(=O)Nc2ccc(Cl)c(Cl)c2)cc1Cl. The lowest BCUT2D eigenvalue weighted by Gasteiger charge is -2.08. The van der Waals surface area contributed by atoms with Crippen LogP contribution in [0.1, 0.15) is 24.8 Å². The van der Waals surface area contributed by atoms with Gasteiger partial charge in [0, 0.05) is 29.2 Å². The van der Waals surface area contributed by atoms with Crippen LogP contribution >= 0.6 is 34.8 Å². The first kappa shape index (κ1) is 23.0. The number of nitrogens with one attached hydrogen (secondary N) is 2. The van der Waals surface area contributed by atoms with Crippen molar-refractivity contribution in [1.82, 2.24) is 0 Å². The van der Waals surface area contributed by atoms with Gasteiger partial charge in [0.2, 0.25) is 5.91 Å². The van der Waals surface area contributed by atoms with Crippen LogP contribution in [-0.2, 0) is 19.1 Å². The molecule has 0 bridgehead atoms. The van der Waals surface area contributed by atoms with Crippen LogP contribution in [0.3, 0.4) is 0 Å². The minimum Gasteiger partial charge on any atom is -0.456 e. The number of hydrogen-bond donors (Lipinski definition) is 2. The van der Waals surface area contributed by atoms with Crippen LogP contribution in [-0.4, -0.2) is 24.4 Å². The van der Waals surface area contributed by atoms with Crippen LogP contribution in [0.4, 0.5) is 11.4 Å². The van der Waals surface area contributed by atoms with Gasteiger partial charge in [0.1, 0.15) is 0 Å². The van der Waals surface area contributed by atoms with Crippen molar-refractivity contribution >= 4 is 64.0 Å². The fourth-order valence-corrected chi connectivity index (χ4v) is 2.76. The van der Waals surface area contributed by atoms with Gasteiger partial charge in [-0.3, -0.25) is 14.4 Å². The van der Waals surface area contributed by atoms with Gasteiger partial charge in [0.05, 0.1) is 10.0 Å². The number of carbonyl (C=O) groups excluding carboxylic acids is 3. The molecule has 2 amide bonds. The number of carbonyl (C=O) groups is 3. The molecule has 0 unspecified atom stereocenters. The zero-order valence-electron chi connectivity index (χ0n) is 15.6. The maximum absolute atomic E-state index is 11.9. The molecule has 0 aromatic heterocycles. The standard InChI is InChI=1S/C20H19Cl3N2O4/c1-12-5-6-13(9-16(12)22)24-18(26)3-2-4-20(28)29-11-19(27)25-14-7-8-15(21)17(23)10-14/h5-10H,2-4,11H2,1H3,(H,24,26)(H,25,27). The molecule has 0 fully saturated rings. The lowest BCUT2D eigenvalue weighted by Crippen LogP contribution is -2.21. The Balaban J connectivity index is 1.65. The third kappa shape index (κ3) is 7.93. The molecule has 2 rings (SSSR count). The predicted molar refractivity (Wildman–Crippen MR) is 115 cm³/mol. The van der Waals surface area contributed by atoms with Gasteiger partial charge in [-0.2, -0.15) is 0 Å². The third-order valence-corrected chi connectivity index (χ3v) is 4.95. The second-order valence-corrected chi connectivity index (χ2v) is 7.43. The van der Waals surface area contributed by atoms with Crippen LogP contribution in [0, 0.1) is 6.92 Å². The number of ether oxygens (including phenoxy) is 1. The van der Waals surface area contributed by atoms with Crippen molar-refractivity contribution in [2.75, 3.05) is 17.2 Å². The molecule has 2 aromatic rings. The molecular formula is C20H19Cl3N2O4. The average molecular weight is 458 g/mol. The van der Waals surface area contributed by atoms with Crippen molar-refractivity contribution in [2.45, 2.75) is 26.2 Å². The number of amides is 2. The highest BCUT2D eigenvalue weighted by molar-refractivity contribution is 6.42. The largest absolute Gasteiger partial charge is 0.456 e. The Bertz CT molecular complexity index is 919. The molecule has 0 spiro atoms. The van der Waals surface area contributed by atoms with Crippen molar-refractivity contribution in [3.05, 3.63) is 57.0 Å². The Morgan fingerprint density at radius 3 is 2.10 bits per heavy atom. The zero-order valence-corrected chi connectivity index (χ0v) is 17.8. The minimum atomic E-state index is -0.569. The van der Waals surface area contributed by atoms with E-state index in [0.29, 0.717) is 32.9 Å². The quantitative estimate of drug-likeness (QED) is 0.531. The Morgan fingerprint density at radius 1 is 0.828 bits per heavy atom. The fourth-order valence-electron chi connectivity index (χ4n) is 2.28. The van der Waals surface area contributed by atoms with Crippen LogP contribution < -0.4 is 10.6 Å². The molecule has 29 heavy (non-hydrogen) atoms. The molecule has 0 heterocycles. The molecule has 2 N–H and O–H groups in total. The number of esters is 1. The molecule has 0 atom stereocenters. The van der Waals surface area contributed by atoms with E-state index in [1.165, 1.54) is 6.07 Å². The van der Waals surface area contributed by atoms with Gasteiger partial charge in [0.25, 0.3) is 5.91 Å². The highest BCUT2D eigenvalue weighted by Gasteiger charge is 2.10. The second-order valence-electron chi connectivity index (χ2n) is 6.20. The van der Waals surface area contributed by atoms with Gasteiger partial charge in [-0.25, -0.2) is 0 Å². The fraction of sp³-hybridized carbons (Fsp3) is 0.250. The van der Waals surface area contributed by atoms with Gasteiger partial charge < -0.3 is 15.4 Å². The third-order valence-electron chi connectivity index (χ3n) is 3.81. The normalized spacial score (nSPS) is 10.3. The summed E-state index contributed by atoms with van der Waals surface area (Å²) in [5, 5.41) is 6.48. The summed E-state index contributed by atoms with van der Waals surface area (Å²) in [6.07, 6.45) is 0.441. The van der Waals surface area contributed by atoms with Gasteiger partial charge in [-0.15, -0.1) is 0 Å². The highest BCUT2D eigenvalue weighted by atomic mass is 35.5. The van der Waals surface area contributed by atoms with Gasteiger partial charge in [-0.05, 0) is 49.2 Å². The smallest absolute Gasteiger partial charge is 0.306 e. The predicted octanol–water partition coefficient (Wildman–Crippen LogP) is 5.25. The maximum Gasteiger partial charge on any atom is 0.306 e. The molecule has 9 heteroatoms. The lowest BCUT2D eigenvalue weighted by molar-refractivity contribution is -0.147. The average Bonchev–Trinajstić information content (AvgIpc) is 2.66. The summed E-state index contributed by atoms with van der Waals surface area (Å²) in [6.45, 7) is 1.43. The van der Waals surface area contributed by atoms with E-state index in [9.17, 15) is 14.4 Å². The van der Waals surface area contributed by atoms with Crippen molar-refractivity contribution < 1.29 is 19.1 Å². The zero-order chi connectivity index (χ0) is 21.4. The van der Waals surface area contributed by atoms with Crippen LogP contribution in [0.15, 0.2) is 36.4 Å². The number of halogens is 3. The molecule has 154 valence electrons. The van der Waals surface area contributed by atoms with Crippen molar-refractivity contribution in [2.24, 2.45) is 0 Å². The van der Waals surface area contributed by atoms with Crippen LogP contribution in [0.25, 0.3) is 0 Å². The van der Waals surface area contributed by atoms with E-state index in [-0.39, 0.29) is 18.7 Å². The monoisotopic (exact) mass is 456 g/mol. The molecule has 0 saturated heterocycles. The summed E-state index contributed by atoms with van der Waals surface area (Å²) < 4.78 is 4.90. The molecule has 0 saturated carbocycles. The molecule has 0 aliphatic carbocycles. The van der Waals surface area contributed by atoms with Gasteiger partial charge in [-0.1, -0.05) is 40.9 Å². The van der Waals surface area contributed by atoms with E-state index in [2.05, 4.69) is 10.6 Å². The van der Waals surface area contributed by atoms with E-state index in [0.717, 1.165) is 5.56 Å². The highest BCUT2D eigenvalue weighted by Crippen LogP contribution is 2.25. The van der Waals surface area contributed by atoms with E-state index < -0.39 is 18.5 Å². The summed E-state index contributed by atoms with van der Waals surface area (Å²) in [6, 6.07) is 9.83. The molecule has 6 nitrogen and oxygen atoms in total. The molecule has 0 radical (unpaired) electrons. The van der Waals surface area contributed by atoms with Crippen molar-refractivity contribution in [3.8, 4) is 0 Å². The van der Waals surface area contributed by atoms with Crippen molar-refractivity contribution in [1.29, 1.82) is 0 Å². The van der Waals surface area contributed by atoms with Crippen molar-refractivity contribution in [3.63, 3.8) is 0 Å². The Labute approximate surface area is 183 Å². The summed E-state index contributed by atoms with van der Waals surface area (Å²) in [5.74, 6) is -1.32. The van der Waals surface area contributed by atoms with E-state index in [1.54, 1.807) is 30.3 Å². The maximum atomic E-state index is 11.9. The minimum absolute atomic E-state index is 0.0160. The molecular weight excluding hydrogens is 439 g/mol. The summed E-state index contributed by atoms with van der Waals surface area (Å²) >= 11 is 17.7. The first-order valence-corrected chi connectivity index (χ1v) is 9.84. The van der Waals surface area contributed by atoms with E-state index in [4.69, 9.17) is 39.5 Å². The number of anilines is 2. The van der Waals surface area contributed by atoms with E-state index >= 15 is 0 Å². The molecule has 0 aliphatic rings. The topological polar surface area (TPSA) is 84.5 Å². The van der Waals surface area contributed by atoms with Crippen LogP contribution in [0.2, 0.25) is 15.1 Å². The Morgan fingerprint density at radius 2 is 1.45 bits per heavy atom. The lowest BCUT2D eigenvalue weighted by atomic mass is 10.2. The summed E-state index contributed by atoms with van der Waals surface area (Å²) in [4.78, 5) is 35.5. The second kappa shape index (κ2) is 11.0. The number of aryl methyl sites for hydroxylation is 1.